The van der Waals surface area contributed by atoms with Crippen LogP contribution in [0.4, 0.5) is 0 Å². The van der Waals surface area contributed by atoms with Crippen molar-refractivity contribution in [1.29, 1.82) is 0 Å². The van der Waals surface area contributed by atoms with Gasteiger partial charge in [0.05, 0.1) is 0 Å². The highest BCUT2D eigenvalue weighted by Gasteiger charge is 2.36. The second-order valence-corrected chi connectivity index (χ2v) is 8.24. The van der Waals surface area contributed by atoms with E-state index in [1.54, 1.807) is 21.3 Å². The van der Waals surface area contributed by atoms with Crippen LogP contribution in [0.1, 0.15) is 12.0 Å². The minimum absolute atomic E-state index is 0.833. The van der Waals surface area contributed by atoms with Gasteiger partial charge in [0.2, 0.25) is 0 Å². The molecule has 0 unspecified atom stereocenters. The second-order valence-electron chi connectivity index (χ2n) is 4.03. The molecular weight excluding hydrogens is 304 g/mol. The molecule has 0 amide bonds. The van der Waals surface area contributed by atoms with Gasteiger partial charge in [-0.3, -0.25) is 0 Å². The van der Waals surface area contributed by atoms with Gasteiger partial charge in [-0.15, -0.1) is 5.70 Å². The van der Waals surface area contributed by atoms with E-state index < -0.39 is 8.80 Å². The zero-order chi connectivity index (χ0) is 15.3. The topological polar surface area (TPSA) is 27.7 Å². The van der Waals surface area contributed by atoms with Crippen molar-refractivity contribution in [2.24, 2.45) is 0 Å². The Bertz CT molecular complexity index is 348. The predicted octanol–water partition coefficient (Wildman–Crippen LogP) is 2.21. The number of hydrogen-bond acceptors (Lipinski definition) is 4. The van der Waals surface area contributed by atoms with Gasteiger partial charge in [-0.2, -0.15) is 12.6 Å². The Kier molecular flexibility index (Phi) is 12.1. The Balaban J connectivity index is 0.000000367. The Morgan fingerprint density at radius 2 is 1.65 bits per heavy atom. The van der Waals surface area contributed by atoms with E-state index in [0.29, 0.717) is 0 Å². The number of rotatable bonds is 7. The summed E-state index contributed by atoms with van der Waals surface area (Å²) in [6.07, 6.45) is 3.11. The first kappa shape index (κ1) is 19.6. The largest absolute Gasteiger partial charge is 0.500 e. The lowest BCUT2D eigenvalue weighted by molar-refractivity contribution is 0.123. The van der Waals surface area contributed by atoms with Gasteiger partial charge in [0, 0.05) is 37.6 Å². The van der Waals surface area contributed by atoms with Gasteiger partial charge < -0.3 is 13.3 Å². The summed E-state index contributed by atoms with van der Waals surface area (Å²) in [4.78, 5) is 0. The smallest absolute Gasteiger partial charge is 0.377 e. The van der Waals surface area contributed by atoms with Crippen LogP contribution in [0.25, 0.3) is 6.08 Å². The fourth-order valence-electron chi connectivity index (χ4n) is 1.61. The van der Waals surface area contributed by atoms with Gasteiger partial charge >= 0.3 is 8.80 Å². The summed E-state index contributed by atoms with van der Waals surface area (Å²) in [7, 11) is 3.72. The van der Waals surface area contributed by atoms with Gasteiger partial charge in [0.1, 0.15) is 0 Å². The summed E-state index contributed by atoms with van der Waals surface area (Å²) in [6, 6.07) is 11.2. The van der Waals surface area contributed by atoms with Crippen molar-refractivity contribution in [1.82, 2.24) is 0 Å². The van der Waals surface area contributed by atoms with E-state index in [2.05, 4.69) is 48.7 Å². The quantitative estimate of drug-likeness (QED) is 0.613. The first-order valence-electron chi connectivity index (χ1n) is 6.62. The maximum atomic E-state index is 5.20. The molecule has 0 atom stereocenters. The molecule has 0 aromatic heterocycles. The summed E-state index contributed by atoms with van der Waals surface area (Å²) < 4.78 is 15.6. The molecule has 0 saturated carbocycles. The molecule has 0 radical (unpaired) electrons. The van der Waals surface area contributed by atoms with Crippen LogP contribution in [0.5, 0.6) is 0 Å². The molecule has 0 saturated heterocycles. The first-order valence-corrected chi connectivity index (χ1v) is 10.3. The molecule has 0 aliphatic heterocycles. The molecule has 0 N–H and O–H groups in total. The monoisotopic (exact) mass is 330 g/mol. The first-order chi connectivity index (χ1) is 9.67. The van der Waals surface area contributed by atoms with E-state index in [-0.39, 0.29) is 0 Å². The number of hydrogen-bond donors (Lipinski definition) is 1. The maximum absolute atomic E-state index is 5.20. The Morgan fingerprint density at radius 3 is 2.05 bits per heavy atom. The standard InChI is InChI=1S/C8H10Si.C6H16O3SSi/c9-7-6-8-4-2-1-3-5-8;1-7-11(8-2,9-3)6-4-5-10/h1-7H,9H3;10H,4-6H2,1-3H3. The number of thiol groups is 1. The Morgan fingerprint density at radius 1 is 1.10 bits per heavy atom. The molecule has 20 heavy (non-hydrogen) atoms. The van der Waals surface area contributed by atoms with Crippen molar-refractivity contribution in [3.8, 4) is 0 Å². The van der Waals surface area contributed by atoms with Crippen molar-refractivity contribution < 1.29 is 13.3 Å². The molecule has 0 aliphatic carbocycles. The molecule has 0 aliphatic rings. The average Bonchev–Trinajstić information content (AvgIpc) is 2.51. The minimum Gasteiger partial charge on any atom is -0.377 e. The summed E-state index contributed by atoms with van der Waals surface area (Å²) in [6.45, 7) is 0. The van der Waals surface area contributed by atoms with Crippen molar-refractivity contribution in [3.63, 3.8) is 0 Å². The second kappa shape index (κ2) is 12.4. The third-order valence-electron chi connectivity index (χ3n) is 2.73. The fraction of sp³-hybridized carbons (Fsp3) is 0.429. The van der Waals surface area contributed by atoms with Gasteiger partial charge in [0.25, 0.3) is 0 Å². The Hall–Kier alpha value is -0.376. The van der Waals surface area contributed by atoms with E-state index in [4.69, 9.17) is 13.3 Å². The zero-order valence-corrected chi connectivity index (χ0v) is 16.7. The van der Waals surface area contributed by atoms with Crippen LogP contribution in [0.3, 0.4) is 0 Å². The Labute approximate surface area is 132 Å². The lowest BCUT2D eigenvalue weighted by Gasteiger charge is -2.23. The third-order valence-corrected chi connectivity index (χ3v) is 6.21. The highest BCUT2D eigenvalue weighted by Crippen LogP contribution is 2.14. The van der Waals surface area contributed by atoms with Crippen LogP contribution in [0, 0.1) is 0 Å². The van der Waals surface area contributed by atoms with Gasteiger partial charge in [0.15, 0.2) is 0 Å². The molecule has 0 fully saturated rings. The van der Waals surface area contributed by atoms with Crippen molar-refractivity contribution in [3.05, 3.63) is 41.6 Å². The molecule has 3 nitrogen and oxygen atoms in total. The molecule has 1 rings (SSSR count). The van der Waals surface area contributed by atoms with Gasteiger partial charge in [-0.05, 0) is 17.7 Å². The average molecular weight is 331 g/mol. The van der Waals surface area contributed by atoms with Crippen LogP contribution in [-0.2, 0) is 13.3 Å². The van der Waals surface area contributed by atoms with E-state index in [0.717, 1.165) is 28.5 Å². The molecule has 0 heterocycles. The van der Waals surface area contributed by atoms with Crippen molar-refractivity contribution >= 4 is 37.8 Å². The molecule has 0 bridgehead atoms. The normalized spacial score (nSPS) is 11.4. The summed E-state index contributed by atoms with van der Waals surface area (Å²) in [5, 5.41) is 0. The summed E-state index contributed by atoms with van der Waals surface area (Å²) in [5.74, 6) is 0.838. The van der Waals surface area contributed by atoms with Crippen LogP contribution >= 0.6 is 12.6 Å². The molecule has 0 spiro atoms. The fourth-order valence-corrected chi connectivity index (χ4v) is 4.17. The van der Waals surface area contributed by atoms with E-state index in [1.165, 1.54) is 5.56 Å². The van der Waals surface area contributed by atoms with Crippen molar-refractivity contribution in [2.75, 3.05) is 27.1 Å². The molecule has 114 valence electrons. The van der Waals surface area contributed by atoms with Gasteiger partial charge in [-0.25, -0.2) is 0 Å². The van der Waals surface area contributed by atoms with E-state index in [9.17, 15) is 0 Å². The van der Waals surface area contributed by atoms with Crippen molar-refractivity contribution in [2.45, 2.75) is 12.5 Å². The van der Waals surface area contributed by atoms with Crippen LogP contribution < -0.4 is 0 Å². The lowest BCUT2D eigenvalue weighted by Crippen LogP contribution is -2.42. The van der Waals surface area contributed by atoms with E-state index in [1.807, 2.05) is 6.07 Å². The summed E-state index contributed by atoms with van der Waals surface area (Å²) in [5.41, 5.74) is 3.47. The molecule has 1 aromatic carbocycles. The highest BCUT2D eigenvalue weighted by atomic mass is 32.1. The maximum Gasteiger partial charge on any atom is 0.500 e. The molecular formula is C14H26O3SSi2. The molecule has 6 heteroatoms. The lowest BCUT2D eigenvalue weighted by atomic mass is 10.2. The van der Waals surface area contributed by atoms with E-state index >= 15 is 0 Å². The predicted molar refractivity (Wildman–Crippen MR) is 95.5 cm³/mol. The highest BCUT2D eigenvalue weighted by molar-refractivity contribution is 7.80. The van der Waals surface area contributed by atoms with Gasteiger partial charge in [-0.1, -0.05) is 36.4 Å². The van der Waals surface area contributed by atoms with Crippen LogP contribution in [-0.4, -0.2) is 46.1 Å². The van der Waals surface area contributed by atoms with Crippen LogP contribution in [0.2, 0.25) is 6.04 Å². The van der Waals surface area contributed by atoms with Crippen LogP contribution in [0.15, 0.2) is 36.0 Å². The zero-order valence-electron chi connectivity index (χ0n) is 12.8. The number of benzene rings is 1. The molecule has 1 aromatic rings. The summed E-state index contributed by atoms with van der Waals surface area (Å²) >= 11 is 4.10. The minimum atomic E-state index is -2.29. The SMILES string of the molecule is CO[Si](CCCS)(OC)OC.[SiH3]C=Cc1ccccc1. The third kappa shape index (κ3) is 8.03.